The first-order valence-electron chi connectivity index (χ1n) is 11.6. The first kappa shape index (κ1) is 25.2. The van der Waals surface area contributed by atoms with Crippen molar-refractivity contribution in [1.29, 1.82) is 0 Å². The van der Waals surface area contributed by atoms with Crippen molar-refractivity contribution in [3.05, 3.63) is 64.1 Å². The quantitative estimate of drug-likeness (QED) is 0.402. The Morgan fingerprint density at radius 3 is 2.64 bits per heavy atom. The van der Waals surface area contributed by atoms with E-state index in [2.05, 4.69) is 28.2 Å². The van der Waals surface area contributed by atoms with E-state index in [1.54, 1.807) is 0 Å². The van der Waals surface area contributed by atoms with E-state index >= 15 is 0 Å². The van der Waals surface area contributed by atoms with Crippen LogP contribution in [0.25, 0.3) is 0 Å². The topological polar surface area (TPSA) is 80.2 Å². The summed E-state index contributed by atoms with van der Waals surface area (Å²) in [6.07, 6.45) is 3.70. The van der Waals surface area contributed by atoms with Crippen molar-refractivity contribution < 1.29 is 19.4 Å². The van der Waals surface area contributed by atoms with E-state index in [9.17, 15) is 4.79 Å². The number of nitrogens with zero attached hydrogens (tertiary/aromatic N) is 1. The van der Waals surface area contributed by atoms with Crippen LogP contribution in [0.15, 0.2) is 58.0 Å². The molecule has 0 aromatic heterocycles. The lowest BCUT2D eigenvalue weighted by Gasteiger charge is -2.28. The lowest BCUT2D eigenvalue weighted by atomic mass is 9.86. The number of hydrogen-bond donors (Lipinski definition) is 2. The molecule has 3 rings (SSSR count). The summed E-state index contributed by atoms with van der Waals surface area (Å²) in [5.74, 6) is 1.06. The summed E-state index contributed by atoms with van der Waals surface area (Å²) in [5, 5.41) is 12.0. The molecular weight excluding hydrogens is 484 g/mol. The highest BCUT2D eigenvalue weighted by Gasteiger charge is 2.50. The molecule has 2 N–H and O–H groups in total. The van der Waals surface area contributed by atoms with Crippen LogP contribution in [0.4, 0.5) is 0 Å². The van der Waals surface area contributed by atoms with Gasteiger partial charge in [-0.15, -0.1) is 0 Å². The number of aliphatic hydroxyl groups excluding tert-OH is 1. The molecule has 0 bridgehead atoms. The van der Waals surface area contributed by atoms with Crippen molar-refractivity contribution in [1.82, 2.24) is 5.32 Å². The molecule has 2 aromatic rings. The van der Waals surface area contributed by atoms with Gasteiger partial charge in [-0.3, -0.25) is 4.79 Å². The van der Waals surface area contributed by atoms with E-state index in [1.807, 2.05) is 55.5 Å². The van der Waals surface area contributed by atoms with E-state index in [4.69, 9.17) is 19.6 Å². The Hall–Kier alpha value is -2.38. The van der Waals surface area contributed by atoms with Gasteiger partial charge in [0.05, 0.1) is 6.61 Å². The summed E-state index contributed by atoms with van der Waals surface area (Å²) in [7, 11) is 0. The van der Waals surface area contributed by atoms with Crippen molar-refractivity contribution in [2.45, 2.75) is 57.6 Å². The van der Waals surface area contributed by atoms with Gasteiger partial charge in [0.1, 0.15) is 11.9 Å². The Morgan fingerprint density at radius 1 is 1.18 bits per heavy atom. The van der Waals surface area contributed by atoms with E-state index < -0.39 is 11.6 Å². The summed E-state index contributed by atoms with van der Waals surface area (Å²) >= 11 is 3.61. The number of rotatable bonds is 12. The van der Waals surface area contributed by atoms with Crippen LogP contribution in [0.3, 0.4) is 0 Å². The number of hydrogen-bond acceptors (Lipinski definition) is 5. The summed E-state index contributed by atoms with van der Waals surface area (Å²) in [4.78, 5) is 18.4. The number of halogens is 1. The Morgan fingerprint density at radius 2 is 1.94 bits per heavy atom. The van der Waals surface area contributed by atoms with E-state index in [1.165, 1.54) is 0 Å². The molecule has 0 fully saturated rings. The van der Waals surface area contributed by atoms with Crippen LogP contribution >= 0.6 is 15.9 Å². The largest absolute Gasteiger partial charge is 0.494 e. The summed E-state index contributed by atoms with van der Waals surface area (Å²) in [6.45, 7) is 5.23. The van der Waals surface area contributed by atoms with E-state index in [0.717, 1.165) is 34.9 Å². The number of ether oxygens (including phenoxy) is 2. The maximum absolute atomic E-state index is 13.5. The second-order valence-electron chi connectivity index (χ2n) is 8.28. The van der Waals surface area contributed by atoms with Crippen molar-refractivity contribution in [3.8, 4) is 5.75 Å². The first-order valence-corrected chi connectivity index (χ1v) is 12.4. The van der Waals surface area contributed by atoms with Crippen molar-refractivity contribution in [2.75, 3.05) is 19.8 Å². The van der Waals surface area contributed by atoms with Crippen molar-refractivity contribution >= 4 is 27.7 Å². The van der Waals surface area contributed by atoms with Crippen LogP contribution in [-0.4, -0.2) is 48.3 Å². The van der Waals surface area contributed by atoms with Crippen LogP contribution < -0.4 is 10.1 Å². The molecule has 7 heteroatoms. The fraction of sp³-hybridized carbons (Fsp3) is 0.462. The number of benzene rings is 2. The van der Waals surface area contributed by atoms with Crippen molar-refractivity contribution in [2.24, 2.45) is 4.99 Å². The average molecular weight is 517 g/mol. The molecular formula is C26H33BrN2O4. The molecule has 0 aliphatic carbocycles. The molecule has 33 heavy (non-hydrogen) atoms. The molecule has 1 heterocycles. The molecule has 0 saturated heterocycles. The smallest absolute Gasteiger partial charge is 0.252 e. The van der Waals surface area contributed by atoms with Crippen LogP contribution in [0.1, 0.15) is 50.7 Å². The number of unbranched alkanes of at least 4 members (excludes halogenated alkanes) is 2. The SMILES string of the molecule is CCCCCNC(=O)[C@]1(Cc2ccccc2Br)N=C(c2ccc(OCCCO)cc2)O[C@@H]1C. The minimum absolute atomic E-state index is 0.0980. The minimum atomic E-state index is -1.05. The molecule has 6 nitrogen and oxygen atoms in total. The van der Waals surface area contributed by atoms with Gasteiger partial charge in [0.2, 0.25) is 5.90 Å². The van der Waals surface area contributed by atoms with Crippen LogP contribution in [0.2, 0.25) is 0 Å². The highest BCUT2D eigenvalue weighted by Crippen LogP contribution is 2.34. The number of carbonyl (C=O) groups is 1. The predicted octanol–water partition coefficient (Wildman–Crippen LogP) is 4.66. The Bertz CT molecular complexity index is 948. The normalized spacial score (nSPS) is 19.6. The Balaban J connectivity index is 1.86. The zero-order chi connectivity index (χ0) is 23.7. The lowest BCUT2D eigenvalue weighted by molar-refractivity contribution is -0.128. The zero-order valence-corrected chi connectivity index (χ0v) is 20.9. The second-order valence-corrected chi connectivity index (χ2v) is 9.14. The molecule has 1 amide bonds. The van der Waals surface area contributed by atoms with Gasteiger partial charge >= 0.3 is 0 Å². The average Bonchev–Trinajstić information content (AvgIpc) is 3.16. The number of aliphatic hydroxyl groups is 1. The molecule has 1 aliphatic rings. The van der Waals surface area contributed by atoms with E-state index in [-0.39, 0.29) is 12.5 Å². The Kier molecular flexibility index (Phi) is 9.32. The minimum Gasteiger partial charge on any atom is -0.494 e. The first-order chi connectivity index (χ1) is 16.0. The molecule has 0 spiro atoms. The van der Waals surface area contributed by atoms with Gasteiger partial charge in [-0.05, 0) is 49.2 Å². The maximum Gasteiger partial charge on any atom is 0.252 e. The molecule has 1 aliphatic heterocycles. The van der Waals surface area contributed by atoms with Crippen LogP contribution in [0, 0.1) is 0 Å². The number of nitrogens with one attached hydrogen (secondary N) is 1. The molecule has 0 radical (unpaired) electrons. The van der Waals surface area contributed by atoms with Gasteiger partial charge in [-0.2, -0.15) is 0 Å². The van der Waals surface area contributed by atoms with Gasteiger partial charge < -0.3 is 19.9 Å². The number of carbonyl (C=O) groups excluding carboxylic acids is 1. The summed E-state index contributed by atoms with van der Waals surface area (Å²) in [6, 6.07) is 15.4. The molecule has 2 aromatic carbocycles. The lowest BCUT2D eigenvalue weighted by Crippen LogP contribution is -2.52. The number of amides is 1. The third-order valence-electron chi connectivity index (χ3n) is 5.81. The van der Waals surface area contributed by atoms with E-state index in [0.29, 0.717) is 37.6 Å². The fourth-order valence-electron chi connectivity index (χ4n) is 3.81. The monoisotopic (exact) mass is 516 g/mol. The number of aliphatic imine (C=N–C) groups is 1. The second kappa shape index (κ2) is 12.2. The van der Waals surface area contributed by atoms with Gasteiger partial charge in [0, 0.05) is 36.0 Å². The predicted molar refractivity (Wildman–Crippen MR) is 134 cm³/mol. The summed E-state index contributed by atoms with van der Waals surface area (Å²) < 4.78 is 12.7. The molecule has 0 unspecified atom stereocenters. The van der Waals surface area contributed by atoms with Crippen LogP contribution in [-0.2, 0) is 16.0 Å². The van der Waals surface area contributed by atoms with Gasteiger partial charge in [-0.25, -0.2) is 4.99 Å². The third kappa shape index (κ3) is 6.36. The highest BCUT2D eigenvalue weighted by molar-refractivity contribution is 9.10. The van der Waals surface area contributed by atoms with Gasteiger partial charge in [-0.1, -0.05) is 53.9 Å². The van der Waals surface area contributed by atoms with Crippen molar-refractivity contribution in [3.63, 3.8) is 0 Å². The zero-order valence-electron chi connectivity index (χ0n) is 19.4. The maximum atomic E-state index is 13.5. The van der Waals surface area contributed by atoms with Gasteiger partial charge in [0.15, 0.2) is 5.54 Å². The van der Waals surface area contributed by atoms with Gasteiger partial charge in [0.25, 0.3) is 5.91 Å². The molecule has 178 valence electrons. The standard InChI is InChI=1S/C26H33BrN2O4/c1-3-4-7-15-28-25(31)26(18-21-9-5-6-10-23(21)27)19(2)33-24(29-26)20-11-13-22(14-12-20)32-17-8-16-30/h5-6,9-14,19,30H,3-4,7-8,15-18H2,1-2H3,(H,28,31)/t19-,26-/m1/s1. The summed E-state index contributed by atoms with van der Waals surface area (Å²) in [5.41, 5.74) is 0.750. The fourth-order valence-corrected chi connectivity index (χ4v) is 4.23. The molecule has 0 saturated carbocycles. The molecule has 2 atom stereocenters. The Labute approximate surface area is 204 Å². The third-order valence-corrected chi connectivity index (χ3v) is 6.58. The highest BCUT2D eigenvalue weighted by atomic mass is 79.9. The van der Waals surface area contributed by atoms with Crippen LogP contribution in [0.5, 0.6) is 5.75 Å².